The first-order valence-corrected chi connectivity index (χ1v) is 6.36. The van der Waals surface area contributed by atoms with Crippen molar-refractivity contribution < 1.29 is 40.7 Å². The number of alkyl halides is 6. The number of aromatic nitrogens is 1. The molecule has 10 heteroatoms. The smallest absolute Gasteiger partial charge is 0.416 e. The molecular formula is C14H9F6NO3. The third kappa shape index (κ3) is 3.87. The van der Waals surface area contributed by atoms with Gasteiger partial charge in [-0.05, 0) is 25.1 Å². The van der Waals surface area contributed by atoms with E-state index in [-0.39, 0.29) is 23.4 Å². The summed E-state index contributed by atoms with van der Waals surface area (Å²) in [6.07, 6.45) is -10.6. The summed E-state index contributed by atoms with van der Waals surface area (Å²) in [6, 6.07) is 1.01. The maximum absolute atomic E-state index is 12.8. The van der Waals surface area contributed by atoms with Crippen LogP contribution in [0, 0.1) is 6.92 Å². The summed E-state index contributed by atoms with van der Waals surface area (Å²) < 4.78 is 82.0. The normalized spacial score (nSPS) is 12.5. The summed E-state index contributed by atoms with van der Waals surface area (Å²) >= 11 is 0. The van der Waals surface area contributed by atoms with Crippen LogP contribution in [-0.4, -0.2) is 16.1 Å². The summed E-state index contributed by atoms with van der Waals surface area (Å²) in [5.41, 5.74) is -3.72. The van der Waals surface area contributed by atoms with Crippen molar-refractivity contribution in [1.29, 1.82) is 0 Å². The van der Waals surface area contributed by atoms with Crippen LogP contribution in [0.1, 0.15) is 22.8 Å². The number of carboxylic acid groups (broad SMARTS) is 1. The molecule has 2 rings (SSSR count). The van der Waals surface area contributed by atoms with Gasteiger partial charge in [-0.3, -0.25) is 4.79 Å². The largest absolute Gasteiger partial charge is 0.481 e. The van der Waals surface area contributed by atoms with E-state index >= 15 is 0 Å². The molecule has 130 valence electrons. The highest BCUT2D eigenvalue weighted by Crippen LogP contribution is 2.39. The van der Waals surface area contributed by atoms with Gasteiger partial charge in [0.15, 0.2) is 0 Å². The Kier molecular flexibility index (Phi) is 4.34. The van der Waals surface area contributed by atoms with Gasteiger partial charge in [-0.2, -0.15) is 26.3 Å². The maximum Gasteiger partial charge on any atom is 0.416 e. The van der Waals surface area contributed by atoms with Gasteiger partial charge in [-0.15, -0.1) is 0 Å². The van der Waals surface area contributed by atoms with Crippen LogP contribution >= 0.6 is 0 Å². The summed E-state index contributed by atoms with van der Waals surface area (Å²) in [4.78, 5) is 14.3. The first-order chi connectivity index (χ1) is 10.9. The van der Waals surface area contributed by atoms with Crippen LogP contribution < -0.4 is 0 Å². The number of oxazole rings is 1. The Labute approximate surface area is 130 Å². The molecule has 0 unspecified atom stereocenters. The molecule has 0 atom stereocenters. The first-order valence-electron chi connectivity index (χ1n) is 6.36. The zero-order valence-corrected chi connectivity index (χ0v) is 11.9. The van der Waals surface area contributed by atoms with Gasteiger partial charge >= 0.3 is 18.3 Å². The molecule has 0 aliphatic heterocycles. The zero-order chi connectivity index (χ0) is 18.3. The average molecular weight is 353 g/mol. The molecule has 0 saturated carbocycles. The van der Waals surface area contributed by atoms with Crippen LogP contribution in [0.2, 0.25) is 0 Å². The van der Waals surface area contributed by atoms with Gasteiger partial charge in [0.1, 0.15) is 17.9 Å². The zero-order valence-electron chi connectivity index (χ0n) is 11.9. The molecule has 0 bridgehead atoms. The minimum atomic E-state index is -4.99. The number of nitrogens with zero attached hydrogens (tertiary/aromatic N) is 1. The number of aliphatic carboxylic acids is 1. The van der Waals surface area contributed by atoms with Crippen LogP contribution in [0.3, 0.4) is 0 Å². The highest BCUT2D eigenvalue weighted by atomic mass is 19.4. The van der Waals surface area contributed by atoms with Crippen molar-refractivity contribution in [2.45, 2.75) is 25.7 Å². The van der Waals surface area contributed by atoms with Crippen LogP contribution in [0.5, 0.6) is 0 Å². The van der Waals surface area contributed by atoms with Crippen molar-refractivity contribution >= 4 is 5.97 Å². The molecule has 1 aromatic carbocycles. The third-order valence-electron chi connectivity index (χ3n) is 3.00. The lowest BCUT2D eigenvalue weighted by Crippen LogP contribution is -2.11. The lowest BCUT2D eigenvalue weighted by Gasteiger charge is -2.13. The monoisotopic (exact) mass is 353 g/mol. The maximum atomic E-state index is 12.8. The number of halogens is 6. The molecule has 1 aromatic heterocycles. The van der Waals surface area contributed by atoms with Gasteiger partial charge in [0.25, 0.3) is 0 Å². The summed E-state index contributed by atoms with van der Waals surface area (Å²) in [6.45, 7) is 1.27. The molecule has 0 saturated heterocycles. The quantitative estimate of drug-likeness (QED) is 0.835. The van der Waals surface area contributed by atoms with Crippen molar-refractivity contribution in [3.63, 3.8) is 0 Å². The van der Waals surface area contributed by atoms with E-state index in [1.54, 1.807) is 0 Å². The van der Waals surface area contributed by atoms with Crippen LogP contribution in [-0.2, 0) is 23.6 Å². The average Bonchev–Trinajstić information content (AvgIpc) is 2.76. The minimum Gasteiger partial charge on any atom is -0.481 e. The van der Waals surface area contributed by atoms with Crippen LogP contribution in [0.4, 0.5) is 26.3 Å². The van der Waals surface area contributed by atoms with E-state index in [1.807, 2.05) is 0 Å². The van der Waals surface area contributed by atoms with Gasteiger partial charge in [0.05, 0.1) is 11.1 Å². The number of carbonyl (C=O) groups is 1. The summed E-state index contributed by atoms with van der Waals surface area (Å²) in [5, 5.41) is 8.64. The highest BCUT2D eigenvalue weighted by molar-refractivity contribution is 5.70. The fraction of sp³-hybridized carbons (Fsp3) is 0.286. The molecule has 0 radical (unpaired) electrons. The van der Waals surface area contributed by atoms with Crippen molar-refractivity contribution in [3.05, 3.63) is 41.0 Å². The van der Waals surface area contributed by atoms with E-state index in [4.69, 9.17) is 9.52 Å². The Morgan fingerprint density at radius 2 is 1.58 bits per heavy atom. The second-order valence-electron chi connectivity index (χ2n) is 4.88. The molecule has 1 heterocycles. The molecule has 0 aliphatic carbocycles. The summed E-state index contributed by atoms with van der Waals surface area (Å²) in [5.74, 6) is -1.71. The van der Waals surface area contributed by atoms with E-state index in [9.17, 15) is 31.1 Å². The predicted molar refractivity (Wildman–Crippen MR) is 68.0 cm³/mol. The number of carboxylic acids is 1. The molecule has 2 aromatic rings. The second kappa shape index (κ2) is 5.84. The van der Waals surface area contributed by atoms with Gasteiger partial charge < -0.3 is 9.52 Å². The highest BCUT2D eigenvalue weighted by Gasteiger charge is 2.37. The molecule has 24 heavy (non-hydrogen) atoms. The molecule has 0 fully saturated rings. The van der Waals surface area contributed by atoms with E-state index in [0.717, 1.165) is 0 Å². The Hall–Kier alpha value is -2.52. The number of benzene rings is 1. The van der Waals surface area contributed by atoms with Gasteiger partial charge in [0, 0.05) is 5.56 Å². The van der Waals surface area contributed by atoms with Gasteiger partial charge in [-0.1, -0.05) is 0 Å². The van der Waals surface area contributed by atoms with Crippen molar-refractivity contribution in [3.8, 4) is 11.3 Å². The Bertz CT molecular complexity index is 744. The number of hydrogen-bond donors (Lipinski definition) is 1. The lowest BCUT2D eigenvalue weighted by molar-refractivity contribution is -0.143. The number of aryl methyl sites for hydroxylation is 1. The van der Waals surface area contributed by atoms with E-state index in [1.165, 1.54) is 6.92 Å². The van der Waals surface area contributed by atoms with E-state index in [2.05, 4.69) is 4.98 Å². The molecule has 0 spiro atoms. The number of rotatable bonds is 3. The van der Waals surface area contributed by atoms with Gasteiger partial charge in [0.2, 0.25) is 5.89 Å². The van der Waals surface area contributed by atoms with E-state index in [0.29, 0.717) is 12.1 Å². The van der Waals surface area contributed by atoms with Crippen LogP contribution in [0.25, 0.3) is 11.3 Å². The third-order valence-corrected chi connectivity index (χ3v) is 3.00. The van der Waals surface area contributed by atoms with Crippen molar-refractivity contribution in [2.24, 2.45) is 0 Å². The molecule has 0 aliphatic rings. The fourth-order valence-corrected chi connectivity index (χ4v) is 2.02. The lowest BCUT2D eigenvalue weighted by atomic mass is 10.0. The van der Waals surface area contributed by atoms with E-state index < -0.39 is 41.4 Å². The molecule has 1 N–H and O–H groups in total. The summed E-state index contributed by atoms with van der Waals surface area (Å²) in [7, 11) is 0. The first kappa shape index (κ1) is 17.8. The van der Waals surface area contributed by atoms with Crippen LogP contribution in [0.15, 0.2) is 22.6 Å². The predicted octanol–water partition coefficient (Wildman–Crippen LogP) is 4.31. The Morgan fingerprint density at radius 3 is 2.00 bits per heavy atom. The van der Waals surface area contributed by atoms with Crippen molar-refractivity contribution in [1.82, 2.24) is 4.98 Å². The molecule has 0 amide bonds. The minimum absolute atomic E-state index is 0.00290. The topological polar surface area (TPSA) is 63.3 Å². The molecule has 4 nitrogen and oxygen atoms in total. The molecular weight excluding hydrogens is 344 g/mol. The number of hydrogen-bond acceptors (Lipinski definition) is 3. The SMILES string of the molecule is Cc1oc(CC(=O)O)nc1-c1cc(C(F)(F)F)cc(C(F)(F)F)c1. The fourth-order valence-electron chi connectivity index (χ4n) is 2.02. The second-order valence-corrected chi connectivity index (χ2v) is 4.88. The standard InChI is InChI=1S/C14H9F6NO3/c1-6-12(21-10(24-6)5-11(22)23)7-2-8(13(15,16)17)4-9(3-7)14(18,19)20/h2-4H,5H2,1H3,(H,22,23). The Morgan fingerprint density at radius 1 is 1.08 bits per heavy atom. The van der Waals surface area contributed by atoms with Gasteiger partial charge in [-0.25, -0.2) is 4.98 Å². The van der Waals surface area contributed by atoms with Crippen molar-refractivity contribution in [2.75, 3.05) is 0 Å². The Balaban J connectivity index is 2.61.